The molecule has 1 N–H and O–H groups in total. The summed E-state index contributed by atoms with van der Waals surface area (Å²) in [6, 6.07) is 7.78. The van der Waals surface area contributed by atoms with Crippen LogP contribution in [-0.2, 0) is 27.4 Å². The van der Waals surface area contributed by atoms with Crippen LogP contribution >= 0.6 is 0 Å². The van der Waals surface area contributed by atoms with Gasteiger partial charge in [0.1, 0.15) is 6.54 Å². The van der Waals surface area contributed by atoms with Gasteiger partial charge in [0.05, 0.1) is 25.9 Å². The van der Waals surface area contributed by atoms with Crippen molar-refractivity contribution < 1.29 is 14.3 Å². The summed E-state index contributed by atoms with van der Waals surface area (Å²) in [5.41, 5.74) is 2.52. The Kier molecular flexibility index (Phi) is 8.79. The van der Waals surface area contributed by atoms with Crippen molar-refractivity contribution in [1.29, 1.82) is 0 Å². The number of fused-ring (bicyclic) bond motifs is 1. The number of tetrazole rings is 1. The second kappa shape index (κ2) is 12.2. The monoisotopic (exact) mass is 497 g/mol. The Morgan fingerprint density at radius 3 is 2.81 bits per heavy atom. The Morgan fingerprint density at radius 1 is 1.25 bits per heavy atom. The summed E-state index contributed by atoms with van der Waals surface area (Å²) in [5.74, 6) is 0.197. The van der Waals surface area contributed by atoms with Gasteiger partial charge in [-0.25, -0.2) is 4.68 Å². The maximum atomic E-state index is 13.0. The van der Waals surface area contributed by atoms with Gasteiger partial charge in [-0.05, 0) is 54.3 Å². The topological polar surface area (TPSA) is 118 Å². The van der Waals surface area contributed by atoms with Crippen LogP contribution in [-0.4, -0.2) is 87.0 Å². The van der Waals surface area contributed by atoms with E-state index in [1.807, 2.05) is 25.1 Å². The molecule has 11 heteroatoms. The minimum absolute atomic E-state index is 0.0557. The first-order valence-electron chi connectivity index (χ1n) is 12.6. The molecule has 0 bridgehead atoms. The maximum Gasteiger partial charge on any atom is 0.327 e. The van der Waals surface area contributed by atoms with Crippen LogP contribution in [0.3, 0.4) is 0 Å². The van der Waals surface area contributed by atoms with Gasteiger partial charge < -0.3 is 14.5 Å². The summed E-state index contributed by atoms with van der Waals surface area (Å²) in [4.78, 5) is 32.8. The Balaban J connectivity index is 1.63. The molecule has 0 unspecified atom stereocenters. The minimum Gasteiger partial charge on any atom is -0.465 e. The first-order valence-corrected chi connectivity index (χ1v) is 12.6. The SMILES string of the molecule is CCOC(=O)Cn1nnnc1[C@H](CC)N(CCN1CCOCC1)Cc1cc2cc(C)ccc2[nH]c1=O. The van der Waals surface area contributed by atoms with E-state index in [9.17, 15) is 9.59 Å². The van der Waals surface area contributed by atoms with Crippen molar-refractivity contribution in [1.82, 2.24) is 35.0 Å². The van der Waals surface area contributed by atoms with Crippen molar-refractivity contribution in [2.75, 3.05) is 46.0 Å². The van der Waals surface area contributed by atoms with Gasteiger partial charge in [-0.2, -0.15) is 0 Å². The lowest BCUT2D eigenvalue weighted by molar-refractivity contribution is -0.144. The highest BCUT2D eigenvalue weighted by Crippen LogP contribution is 2.24. The van der Waals surface area contributed by atoms with Gasteiger partial charge in [-0.1, -0.05) is 18.6 Å². The quantitative estimate of drug-likeness (QED) is 0.395. The molecule has 0 radical (unpaired) electrons. The first-order chi connectivity index (χ1) is 17.5. The van der Waals surface area contributed by atoms with Crippen LogP contribution < -0.4 is 5.56 Å². The van der Waals surface area contributed by atoms with Crippen molar-refractivity contribution in [3.63, 3.8) is 0 Å². The molecule has 0 aliphatic carbocycles. The molecule has 1 aliphatic heterocycles. The van der Waals surface area contributed by atoms with Gasteiger partial charge in [-0.3, -0.25) is 19.4 Å². The number of aryl methyl sites for hydroxylation is 1. The highest BCUT2D eigenvalue weighted by Gasteiger charge is 2.27. The van der Waals surface area contributed by atoms with E-state index in [1.165, 1.54) is 4.68 Å². The van der Waals surface area contributed by atoms with E-state index in [4.69, 9.17) is 9.47 Å². The Morgan fingerprint density at radius 2 is 2.06 bits per heavy atom. The number of esters is 1. The Labute approximate surface area is 210 Å². The number of rotatable bonds is 11. The van der Waals surface area contributed by atoms with Gasteiger partial charge in [0.25, 0.3) is 5.56 Å². The fourth-order valence-electron chi connectivity index (χ4n) is 4.64. The normalized spacial score (nSPS) is 15.4. The summed E-state index contributed by atoms with van der Waals surface area (Å²) < 4.78 is 12.1. The van der Waals surface area contributed by atoms with Crippen molar-refractivity contribution >= 4 is 16.9 Å². The average molecular weight is 498 g/mol. The van der Waals surface area contributed by atoms with E-state index in [0.717, 1.165) is 49.3 Å². The smallest absolute Gasteiger partial charge is 0.327 e. The molecule has 1 saturated heterocycles. The number of carbonyl (C=O) groups excluding carboxylic acids is 1. The zero-order chi connectivity index (χ0) is 25.5. The van der Waals surface area contributed by atoms with Crippen molar-refractivity contribution in [2.24, 2.45) is 0 Å². The fourth-order valence-corrected chi connectivity index (χ4v) is 4.64. The Hall–Kier alpha value is -3.15. The molecule has 1 atom stereocenters. The van der Waals surface area contributed by atoms with Crippen molar-refractivity contribution in [3.05, 3.63) is 51.6 Å². The van der Waals surface area contributed by atoms with Crippen LogP contribution in [0.1, 0.15) is 43.3 Å². The molecule has 0 spiro atoms. The minimum atomic E-state index is -0.387. The number of benzene rings is 1. The predicted molar refractivity (Wildman–Crippen MR) is 134 cm³/mol. The first kappa shape index (κ1) is 25.9. The second-order valence-electron chi connectivity index (χ2n) is 9.06. The standard InChI is InChI=1S/C25H35N7O4/c1-4-22(24-27-28-29-32(24)17-23(33)36-5-2)31(9-8-30-10-12-35-13-11-30)16-20-15-19-14-18(3)6-7-21(19)26-25(20)34/h6-7,14-15,22H,4-5,8-13,16-17H2,1-3H3,(H,26,34)/t22-/m0/s1. The molecule has 2 aromatic heterocycles. The number of hydrogen-bond donors (Lipinski definition) is 1. The van der Waals surface area contributed by atoms with E-state index in [2.05, 4.69) is 43.3 Å². The number of hydrogen-bond acceptors (Lipinski definition) is 9. The number of aromatic nitrogens is 5. The summed E-state index contributed by atoms with van der Waals surface area (Å²) in [7, 11) is 0. The summed E-state index contributed by atoms with van der Waals surface area (Å²) in [6.45, 7) is 11.2. The third-order valence-electron chi connectivity index (χ3n) is 6.53. The number of carbonyl (C=O) groups is 1. The zero-order valence-corrected chi connectivity index (χ0v) is 21.3. The lowest BCUT2D eigenvalue weighted by atomic mass is 10.1. The molecule has 1 aromatic carbocycles. The number of aromatic amines is 1. The molecular weight excluding hydrogens is 462 g/mol. The van der Waals surface area contributed by atoms with E-state index in [0.29, 0.717) is 37.5 Å². The molecule has 1 aliphatic rings. The predicted octanol–water partition coefficient (Wildman–Crippen LogP) is 1.67. The molecular formula is C25H35N7O4. The largest absolute Gasteiger partial charge is 0.465 e. The maximum absolute atomic E-state index is 13.0. The van der Waals surface area contributed by atoms with E-state index in [1.54, 1.807) is 6.92 Å². The third-order valence-corrected chi connectivity index (χ3v) is 6.53. The van der Waals surface area contributed by atoms with Crippen LogP contribution in [0, 0.1) is 6.92 Å². The number of nitrogens with one attached hydrogen (secondary N) is 1. The van der Waals surface area contributed by atoms with E-state index >= 15 is 0 Å². The average Bonchev–Trinajstić information content (AvgIpc) is 3.31. The fraction of sp³-hybridized carbons (Fsp3) is 0.560. The summed E-state index contributed by atoms with van der Waals surface area (Å²) in [5, 5.41) is 13.2. The molecule has 11 nitrogen and oxygen atoms in total. The summed E-state index contributed by atoms with van der Waals surface area (Å²) >= 11 is 0. The third kappa shape index (κ3) is 6.34. The zero-order valence-electron chi connectivity index (χ0n) is 21.3. The molecule has 3 heterocycles. The number of H-pyrrole nitrogens is 1. The lowest BCUT2D eigenvalue weighted by Gasteiger charge is -2.33. The lowest BCUT2D eigenvalue weighted by Crippen LogP contribution is -2.43. The molecule has 194 valence electrons. The van der Waals surface area contributed by atoms with Gasteiger partial charge in [0.2, 0.25) is 0 Å². The van der Waals surface area contributed by atoms with Crippen LogP contribution in [0.2, 0.25) is 0 Å². The van der Waals surface area contributed by atoms with Crippen molar-refractivity contribution in [3.8, 4) is 0 Å². The van der Waals surface area contributed by atoms with Crippen molar-refractivity contribution in [2.45, 2.75) is 46.3 Å². The van der Waals surface area contributed by atoms with Gasteiger partial charge in [0.15, 0.2) is 5.82 Å². The molecule has 0 amide bonds. The van der Waals surface area contributed by atoms with Gasteiger partial charge in [-0.15, -0.1) is 5.10 Å². The molecule has 3 aromatic rings. The van der Waals surface area contributed by atoms with Crippen LogP contribution in [0.15, 0.2) is 29.1 Å². The summed E-state index contributed by atoms with van der Waals surface area (Å²) in [6.07, 6.45) is 0.705. The molecule has 0 saturated carbocycles. The highest BCUT2D eigenvalue weighted by atomic mass is 16.5. The van der Waals surface area contributed by atoms with Gasteiger partial charge in [0, 0.05) is 43.8 Å². The molecule has 36 heavy (non-hydrogen) atoms. The van der Waals surface area contributed by atoms with Gasteiger partial charge >= 0.3 is 5.97 Å². The number of nitrogens with zero attached hydrogens (tertiary/aromatic N) is 6. The van der Waals surface area contributed by atoms with E-state index < -0.39 is 0 Å². The Bertz CT molecular complexity index is 1220. The van der Waals surface area contributed by atoms with E-state index in [-0.39, 0.29) is 24.1 Å². The number of morpholine rings is 1. The molecule has 4 rings (SSSR count). The second-order valence-corrected chi connectivity index (χ2v) is 9.06. The number of ether oxygens (including phenoxy) is 2. The molecule has 1 fully saturated rings. The van der Waals surface area contributed by atoms with Crippen LogP contribution in [0.5, 0.6) is 0 Å². The van der Waals surface area contributed by atoms with Crippen LogP contribution in [0.25, 0.3) is 10.9 Å². The number of pyridine rings is 1. The van der Waals surface area contributed by atoms with Crippen LogP contribution in [0.4, 0.5) is 0 Å². The highest BCUT2D eigenvalue weighted by molar-refractivity contribution is 5.79.